The van der Waals surface area contributed by atoms with E-state index in [9.17, 15) is 0 Å². The molecule has 0 atom stereocenters. The zero-order valence-electron chi connectivity index (χ0n) is 6.96. The van der Waals surface area contributed by atoms with Crippen molar-refractivity contribution in [2.75, 3.05) is 0 Å². The van der Waals surface area contributed by atoms with Crippen molar-refractivity contribution in [2.45, 2.75) is 19.8 Å². The maximum Gasteiger partial charge on any atom is 0.167 e. The first-order chi connectivity index (χ1) is 5.70. The fourth-order valence-corrected chi connectivity index (χ4v) is 2.01. The van der Waals surface area contributed by atoms with Gasteiger partial charge in [0.2, 0.25) is 0 Å². The molecule has 0 aliphatic rings. The fraction of sp³-hybridized carbons (Fsp3) is 0.333. The highest BCUT2D eigenvalue weighted by molar-refractivity contribution is 7.10. The fourth-order valence-electron chi connectivity index (χ4n) is 0.954. The zero-order chi connectivity index (χ0) is 9.14. The van der Waals surface area contributed by atoms with Gasteiger partial charge in [-0.25, -0.2) is 0 Å². The highest BCUT2D eigenvalue weighted by Gasteiger charge is 2.14. The Bertz CT molecular complexity index is 351. The van der Waals surface area contributed by atoms with Crippen LogP contribution in [-0.2, 0) is 0 Å². The van der Waals surface area contributed by atoms with E-state index in [2.05, 4.69) is 0 Å². The minimum Gasteiger partial charge on any atom is -0.196 e. The number of hydrogen-bond donors (Lipinski definition) is 0. The second-order valence-electron chi connectivity index (χ2n) is 2.60. The lowest BCUT2D eigenvalue weighted by Crippen LogP contribution is -1.90. The van der Waals surface area contributed by atoms with Crippen LogP contribution in [0.5, 0.6) is 0 Å². The van der Waals surface area contributed by atoms with Crippen LogP contribution in [0.15, 0.2) is 5.38 Å². The Labute approximate surface area is 75.7 Å². The van der Waals surface area contributed by atoms with E-state index in [0.717, 1.165) is 16.0 Å². The SMILES string of the molecule is Cc1csc(C(C#N)C#N)c1C. The van der Waals surface area contributed by atoms with Crippen LogP contribution in [0.4, 0.5) is 0 Å². The van der Waals surface area contributed by atoms with Gasteiger partial charge in [-0.05, 0) is 30.4 Å². The first-order valence-electron chi connectivity index (χ1n) is 3.54. The lowest BCUT2D eigenvalue weighted by molar-refractivity contribution is 1.11. The van der Waals surface area contributed by atoms with Gasteiger partial charge in [0.1, 0.15) is 0 Å². The third-order valence-corrected chi connectivity index (χ3v) is 3.11. The molecule has 0 aliphatic carbocycles. The second kappa shape index (κ2) is 3.38. The molecule has 0 N–H and O–H groups in total. The van der Waals surface area contributed by atoms with Crippen molar-refractivity contribution in [3.05, 3.63) is 21.4 Å². The summed E-state index contributed by atoms with van der Waals surface area (Å²) in [5.41, 5.74) is 2.23. The Morgan fingerprint density at radius 3 is 2.25 bits per heavy atom. The molecule has 0 unspecified atom stereocenters. The molecule has 0 amide bonds. The van der Waals surface area contributed by atoms with Crippen LogP contribution < -0.4 is 0 Å². The van der Waals surface area contributed by atoms with Gasteiger partial charge in [0.05, 0.1) is 12.1 Å². The molecule has 2 nitrogen and oxygen atoms in total. The summed E-state index contributed by atoms with van der Waals surface area (Å²) in [4.78, 5) is 0.887. The van der Waals surface area contributed by atoms with E-state index < -0.39 is 5.92 Å². The van der Waals surface area contributed by atoms with Crippen LogP contribution in [0.3, 0.4) is 0 Å². The first-order valence-corrected chi connectivity index (χ1v) is 4.42. The van der Waals surface area contributed by atoms with E-state index in [-0.39, 0.29) is 0 Å². The van der Waals surface area contributed by atoms with Gasteiger partial charge in [-0.2, -0.15) is 10.5 Å². The van der Waals surface area contributed by atoms with Gasteiger partial charge in [-0.15, -0.1) is 11.3 Å². The van der Waals surface area contributed by atoms with Gasteiger partial charge in [0.15, 0.2) is 5.92 Å². The molecule has 0 fully saturated rings. The number of hydrogen-bond acceptors (Lipinski definition) is 3. The molecule has 0 aliphatic heterocycles. The standard InChI is InChI=1S/C9H8N2S/c1-6-5-12-9(7(6)2)8(3-10)4-11/h5,8H,1-2H3. The van der Waals surface area contributed by atoms with Crippen LogP contribution in [0.2, 0.25) is 0 Å². The van der Waals surface area contributed by atoms with Crippen molar-refractivity contribution >= 4 is 11.3 Å². The Kier molecular flexibility index (Phi) is 2.47. The van der Waals surface area contributed by atoms with E-state index in [0.29, 0.717) is 0 Å². The van der Waals surface area contributed by atoms with E-state index >= 15 is 0 Å². The van der Waals surface area contributed by atoms with Crippen LogP contribution in [-0.4, -0.2) is 0 Å². The molecule has 12 heavy (non-hydrogen) atoms. The van der Waals surface area contributed by atoms with E-state index in [1.165, 1.54) is 11.3 Å². The number of thiophene rings is 1. The molecule has 1 heterocycles. The highest BCUT2D eigenvalue weighted by Crippen LogP contribution is 2.27. The molecule has 0 saturated carbocycles. The summed E-state index contributed by atoms with van der Waals surface area (Å²) in [5, 5.41) is 19.3. The molecule has 0 saturated heterocycles. The summed E-state index contributed by atoms with van der Waals surface area (Å²) >= 11 is 1.49. The molecule has 0 bridgehead atoms. The molecule has 1 rings (SSSR count). The first kappa shape index (κ1) is 8.77. The third-order valence-electron chi connectivity index (χ3n) is 1.84. The minimum atomic E-state index is -0.594. The normalized spacial score (nSPS) is 9.42. The van der Waals surface area contributed by atoms with Gasteiger partial charge < -0.3 is 0 Å². The molecule has 1 aromatic rings. The van der Waals surface area contributed by atoms with Crippen molar-refractivity contribution in [1.29, 1.82) is 10.5 Å². The summed E-state index contributed by atoms with van der Waals surface area (Å²) in [6.45, 7) is 3.93. The van der Waals surface area contributed by atoms with Crippen LogP contribution in [0, 0.1) is 36.5 Å². The van der Waals surface area contributed by atoms with Crippen molar-refractivity contribution in [1.82, 2.24) is 0 Å². The largest absolute Gasteiger partial charge is 0.196 e. The monoisotopic (exact) mass is 176 g/mol. The summed E-state index contributed by atoms with van der Waals surface area (Å²) < 4.78 is 0. The van der Waals surface area contributed by atoms with Crippen LogP contribution >= 0.6 is 11.3 Å². The summed E-state index contributed by atoms with van der Waals surface area (Å²) in [7, 11) is 0. The summed E-state index contributed by atoms with van der Waals surface area (Å²) in [6.07, 6.45) is 0. The van der Waals surface area contributed by atoms with Crippen LogP contribution in [0.25, 0.3) is 0 Å². The third kappa shape index (κ3) is 1.32. The Morgan fingerprint density at radius 1 is 1.33 bits per heavy atom. The Morgan fingerprint density at radius 2 is 1.92 bits per heavy atom. The molecule has 0 spiro atoms. The van der Waals surface area contributed by atoms with E-state index in [4.69, 9.17) is 10.5 Å². The Balaban J connectivity index is 3.14. The molecule has 1 aromatic heterocycles. The number of rotatable bonds is 1. The van der Waals surface area contributed by atoms with Crippen molar-refractivity contribution < 1.29 is 0 Å². The smallest absolute Gasteiger partial charge is 0.167 e. The van der Waals surface area contributed by atoms with Crippen molar-refractivity contribution in [2.24, 2.45) is 0 Å². The lowest BCUT2D eigenvalue weighted by atomic mass is 10.1. The van der Waals surface area contributed by atoms with Gasteiger partial charge in [0, 0.05) is 4.88 Å². The predicted molar refractivity (Wildman–Crippen MR) is 47.8 cm³/mol. The topological polar surface area (TPSA) is 47.6 Å². The molecule has 0 aromatic carbocycles. The average molecular weight is 176 g/mol. The highest BCUT2D eigenvalue weighted by atomic mass is 32.1. The maximum atomic E-state index is 8.65. The predicted octanol–water partition coefficient (Wildman–Crippen LogP) is 2.50. The van der Waals surface area contributed by atoms with Crippen LogP contribution in [0.1, 0.15) is 21.9 Å². The van der Waals surface area contributed by atoms with Crippen molar-refractivity contribution in [3.63, 3.8) is 0 Å². The number of nitrogens with zero attached hydrogens (tertiary/aromatic N) is 2. The van der Waals surface area contributed by atoms with Gasteiger partial charge in [0.25, 0.3) is 0 Å². The molecular weight excluding hydrogens is 168 g/mol. The van der Waals surface area contributed by atoms with Crippen molar-refractivity contribution in [3.8, 4) is 12.1 Å². The van der Waals surface area contributed by atoms with Gasteiger partial charge >= 0.3 is 0 Å². The average Bonchev–Trinajstić information content (AvgIpc) is 2.38. The number of nitriles is 2. The molecular formula is C9H8N2S. The summed E-state index contributed by atoms with van der Waals surface area (Å²) in [5.74, 6) is -0.594. The lowest BCUT2D eigenvalue weighted by Gasteiger charge is -1.97. The minimum absolute atomic E-state index is 0.594. The Hall–Kier alpha value is -1.32. The van der Waals surface area contributed by atoms with E-state index in [1.54, 1.807) is 0 Å². The quantitative estimate of drug-likeness (QED) is 0.660. The zero-order valence-corrected chi connectivity index (χ0v) is 7.77. The summed E-state index contributed by atoms with van der Waals surface area (Å²) in [6, 6.07) is 3.94. The molecule has 0 radical (unpaired) electrons. The second-order valence-corrected chi connectivity index (χ2v) is 3.51. The van der Waals surface area contributed by atoms with E-state index in [1.807, 2.05) is 31.4 Å². The van der Waals surface area contributed by atoms with Gasteiger partial charge in [-0.1, -0.05) is 0 Å². The van der Waals surface area contributed by atoms with Gasteiger partial charge in [-0.3, -0.25) is 0 Å². The molecule has 60 valence electrons. The maximum absolute atomic E-state index is 8.65. The number of aryl methyl sites for hydroxylation is 1. The molecule has 3 heteroatoms.